The highest BCUT2D eigenvalue weighted by Crippen LogP contribution is 2.10. The number of hydrogen-bond acceptors (Lipinski definition) is 1. The molecule has 0 aliphatic heterocycles. The normalized spacial score (nSPS) is 12.0. The number of allylic oxidation sites excluding steroid dienone is 1. The topological polar surface area (TPSA) is 29.1 Å². The Hall–Kier alpha value is -0.790. The van der Waals surface area contributed by atoms with E-state index in [-0.39, 0.29) is 11.4 Å². The van der Waals surface area contributed by atoms with Crippen LogP contribution in [0, 0.1) is 0 Å². The average molecular weight is 169 g/mol. The van der Waals surface area contributed by atoms with Crippen molar-refractivity contribution < 1.29 is 4.79 Å². The minimum Gasteiger partial charge on any atom is -0.348 e. The van der Waals surface area contributed by atoms with Crippen LogP contribution < -0.4 is 5.32 Å². The number of rotatable bonds is 4. The van der Waals surface area contributed by atoms with Gasteiger partial charge in [-0.3, -0.25) is 4.79 Å². The average Bonchev–Trinajstić information content (AvgIpc) is 1.85. The molecule has 0 bridgehead atoms. The number of carbonyl (C=O) groups excluding carboxylic acids is 1. The Morgan fingerprint density at radius 1 is 1.50 bits per heavy atom. The van der Waals surface area contributed by atoms with E-state index in [0.717, 1.165) is 12.8 Å². The standard InChI is InChI=1S/C10H19NO/c1-5-7-9(12)11-10(3,4)8-6-2/h5,7H,6,8H2,1-4H3,(H,11,12)/b7-5+. The van der Waals surface area contributed by atoms with Crippen LogP contribution in [-0.4, -0.2) is 11.4 Å². The molecule has 0 rings (SSSR count). The quantitative estimate of drug-likeness (QED) is 0.642. The molecule has 12 heavy (non-hydrogen) atoms. The molecule has 0 radical (unpaired) electrons. The first-order chi connectivity index (χ1) is 5.52. The first-order valence-electron chi connectivity index (χ1n) is 4.46. The fourth-order valence-corrected chi connectivity index (χ4v) is 1.21. The molecule has 0 saturated carbocycles. The van der Waals surface area contributed by atoms with Crippen molar-refractivity contribution >= 4 is 5.91 Å². The summed E-state index contributed by atoms with van der Waals surface area (Å²) in [5, 5.41) is 2.93. The molecule has 0 unspecified atom stereocenters. The molecule has 1 N–H and O–H groups in total. The molecule has 0 aromatic carbocycles. The molecule has 0 heterocycles. The molecule has 0 atom stereocenters. The van der Waals surface area contributed by atoms with Gasteiger partial charge < -0.3 is 5.32 Å². The van der Waals surface area contributed by atoms with E-state index in [9.17, 15) is 4.79 Å². The highest BCUT2D eigenvalue weighted by molar-refractivity contribution is 5.87. The van der Waals surface area contributed by atoms with Crippen LogP contribution >= 0.6 is 0 Å². The van der Waals surface area contributed by atoms with Crippen molar-refractivity contribution in [3.05, 3.63) is 12.2 Å². The second-order valence-corrected chi connectivity index (χ2v) is 3.62. The fraction of sp³-hybridized carbons (Fsp3) is 0.700. The van der Waals surface area contributed by atoms with E-state index in [1.54, 1.807) is 12.2 Å². The second-order valence-electron chi connectivity index (χ2n) is 3.62. The number of nitrogens with one attached hydrogen (secondary N) is 1. The van der Waals surface area contributed by atoms with Gasteiger partial charge in [-0.1, -0.05) is 19.4 Å². The highest BCUT2D eigenvalue weighted by atomic mass is 16.1. The first-order valence-corrected chi connectivity index (χ1v) is 4.46. The minimum atomic E-state index is -0.0780. The molecule has 2 nitrogen and oxygen atoms in total. The predicted octanol–water partition coefficient (Wildman–Crippen LogP) is 2.26. The van der Waals surface area contributed by atoms with Crippen LogP contribution in [0.3, 0.4) is 0 Å². The van der Waals surface area contributed by atoms with Crippen molar-refractivity contribution in [3.8, 4) is 0 Å². The molecule has 0 spiro atoms. The number of amides is 1. The Bertz CT molecular complexity index is 171. The van der Waals surface area contributed by atoms with Gasteiger partial charge in [0.15, 0.2) is 0 Å². The van der Waals surface area contributed by atoms with E-state index < -0.39 is 0 Å². The van der Waals surface area contributed by atoms with E-state index >= 15 is 0 Å². The summed E-state index contributed by atoms with van der Waals surface area (Å²) in [4.78, 5) is 11.1. The van der Waals surface area contributed by atoms with Crippen molar-refractivity contribution in [2.75, 3.05) is 0 Å². The molecule has 0 aromatic rings. The van der Waals surface area contributed by atoms with Crippen LogP contribution in [0.2, 0.25) is 0 Å². The monoisotopic (exact) mass is 169 g/mol. The van der Waals surface area contributed by atoms with E-state index in [2.05, 4.69) is 12.2 Å². The van der Waals surface area contributed by atoms with Crippen molar-refractivity contribution in [1.82, 2.24) is 5.32 Å². The summed E-state index contributed by atoms with van der Waals surface area (Å²) in [6.45, 7) is 8.03. The molecule has 0 aliphatic rings. The first kappa shape index (κ1) is 11.2. The Labute approximate surface area is 75.0 Å². The third kappa shape index (κ3) is 4.94. The van der Waals surface area contributed by atoms with Gasteiger partial charge in [0, 0.05) is 5.54 Å². The van der Waals surface area contributed by atoms with E-state index in [1.807, 2.05) is 20.8 Å². The van der Waals surface area contributed by atoms with Crippen LogP contribution in [0.15, 0.2) is 12.2 Å². The largest absolute Gasteiger partial charge is 0.348 e. The molecule has 0 saturated heterocycles. The lowest BCUT2D eigenvalue weighted by Crippen LogP contribution is -2.42. The van der Waals surface area contributed by atoms with Gasteiger partial charge in [0.1, 0.15) is 0 Å². The van der Waals surface area contributed by atoms with Crippen molar-refractivity contribution in [2.24, 2.45) is 0 Å². The van der Waals surface area contributed by atoms with Crippen molar-refractivity contribution in [3.63, 3.8) is 0 Å². The van der Waals surface area contributed by atoms with Crippen LogP contribution in [0.1, 0.15) is 40.5 Å². The Kier molecular flexibility index (Phi) is 4.64. The van der Waals surface area contributed by atoms with Gasteiger partial charge >= 0.3 is 0 Å². The maximum absolute atomic E-state index is 11.1. The Morgan fingerprint density at radius 2 is 2.08 bits per heavy atom. The summed E-state index contributed by atoms with van der Waals surface area (Å²) in [6.07, 6.45) is 5.40. The molecule has 0 aliphatic carbocycles. The van der Waals surface area contributed by atoms with Gasteiger partial charge in [-0.2, -0.15) is 0 Å². The smallest absolute Gasteiger partial charge is 0.244 e. The van der Waals surface area contributed by atoms with Gasteiger partial charge in [-0.05, 0) is 33.3 Å². The van der Waals surface area contributed by atoms with Crippen LogP contribution in [0.5, 0.6) is 0 Å². The fourth-order valence-electron chi connectivity index (χ4n) is 1.21. The van der Waals surface area contributed by atoms with E-state index in [4.69, 9.17) is 0 Å². The third-order valence-corrected chi connectivity index (χ3v) is 1.65. The van der Waals surface area contributed by atoms with Crippen molar-refractivity contribution in [1.29, 1.82) is 0 Å². The summed E-state index contributed by atoms with van der Waals surface area (Å²) in [6, 6.07) is 0. The second kappa shape index (κ2) is 4.96. The molecule has 70 valence electrons. The van der Waals surface area contributed by atoms with Crippen molar-refractivity contribution in [2.45, 2.75) is 46.1 Å². The zero-order valence-electron chi connectivity index (χ0n) is 8.48. The highest BCUT2D eigenvalue weighted by Gasteiger charge is 2.17. The molecule has 2 heteroatoms. The maximum atomic E-state index is 11.1. The SMILES string of the molecule is C/C=C/C(=O)NC(C)(C)CCC. The Morgan fingerprint density at radius 3 is 2.50 bits per heavy atom. The molecule has 1 amide bonds. The lowest BCUT2D eigenvalue weighted by Gasteiger charge is -2.24. The Balaban J connectivity index is 3.96. The van der Waals surface area contributed by atoms with E-state index in [1.165, 1.54) is 0 Å². The zero-order valence-corrected chi connectivity index (χ0v) is 8.48. The van der Waals surface area contributed by atoms with Crippen LogP contribution in [-0.2, 0) is 4.79 Å². The third-order valence-electron chi connectivity index (χ3n) is 1.65. The molecular weight excluding hydrogens is 150 g/mol. The molecular formula is C10H19NO. The lowest BCUT2D eigenvalue weighted by atomic mass is 9.99. The van der Waals surface area contributed by atoms with E-state index in [0.29, 0.717) is 0 Å². The summed E-state index contributed by atoms with van der Waals surface area (Å²) < 4.78 is 0. The molecule has 0 aromatic heterocycles. The van der Waals surface area contributed by atoms with Gasteiger partial charge in [0.2, 0.25) is 5.91 Å². The van der Waals surface area contributed by atoms with Gasteiger partial charge in [-0.25, -0.2) is 0 Å². The summed E-state index contributed by atoms with van der Waals surface area (Å²) in [7, 11) is 0. The maximum Gasteiger partial charge on any atom is 0.244 e. The zero-order chi connectivity index (χ0) is 9.61. The lowest BCUT2D eigenvalue weighted by molar-refractivity contribution is -0.118. The summed E-state index contributed by atoms with van der Waals surface area (Å²) >= 11 is 0. The number of hydrogen-bond donors (Lipinski definition) is 1. The van der Waals surface area contributed by atoms with Crippen LogP contribution in [0.25, 0.3) is 0 Å². The van der Waals surface area contributed by atoms with Gasteiger partial charge in [0.25, 0.3) is 0 Å². The molecule has 0 fully saturated rings. The number of carbonyl (C=O) groups is 1. The summed E-state index contributed by atoms with van der Waals surface area (Å²) in [5.41, 5.74) is -0.0780. The van der Waals surface area contributed by atoms with Gasteiger partial charge in [0.05, 0.1) is 0 Å². The minimum absolute atomic E-state index is 0.00375. The van der Waals surface area contributed by atoms with Crippen LogP contribution in [0.4, 0.5) is 0 Å². The summed E-state index contributed by atoms with van der Waals surface area (Å²) in [5.74, 6) is -0.00375. The predicted molar refractivity (Wildman–Crippen MR) is 51.9 cm³/mol. The van der Waals surface area contributed by atoms with Gasteiger partial charge in [-0.15, -0.1) is 0 Å².